The Morgan fingerprint density at radius 1 is 0.964 bits per heavy atom. The van der Waals surface area contributed by atoms with Gasteiger partial charge in [0.2, 0.25) is 11.8 Å². The molecule has 0 aromatic heterocycles. The summed E-state index contributed by atoms with van der Waals surface area (Å²) in [5, 5.41) is 5.38. The Balaban J connectivity index is 1.85. The fraction of sp³-hybridized carbons (Fsp3) is 0.286. The third-order valence-corrected chi connectivity index (χ3v) is 4.93. The third kappa shape index (κ3) is 5.92. The minimum atomic E-state index is -0.347. The third-order valence-electron chi connectivity index (χ3n) is 4.44. The first kappa shape index (κ1) is 21.6. The lowest BCUT2D eigenvalue weighted by molar-refractivity contribution is -0.132. The topological polar surface area (TPSA) is 78.5 Å². The summed E-state index contributed by atoms with van der Waals surface area (Å²) >= 11 is 3.37. The molecule has 0 atom stereocenters. The molecule has 2 aromatic carbocycles. The summed E-state index contributed by atoms with van der Waals surface area (Å²) in [6.45, 7) is 5.51. The zero-order valence-corrected chi connectivity index (χ0v) is 18.0. The fourth-order valence-corrected chi connectivity index (χ4v) is 3.01. The molecule has 6 nitrogen and oxygen atoms in total. The number of aryl methyl sites for hydroxylation is 3. The van der Waals surface area contributed by atoms with Crippen LogP contribution in [-0.2, 0) is 9.59 Å². The average molecular weight is 446 g/mol. The van der Waals surface area contributed by atoms with E-state index in [1.807, 2.05) is 39.0 Å². The van der Waals surface area contributed by atoms with Crippen molar-refractivity contribution in [1.82, 2.24) is 10.2 Å². The van der Waals surface area contributed by atoms with Gasteiger partial charge in [-0.2, -0.15) is 0 Å². The maximum atomic E-state index is 12.2. The molecule has 0 fully saturated rings. The molecule has 7 heteroatoms. The van der Waals surface area contributed by atoms with Crippen LogP contribution in [0.2, 0.25) is 0 Å². The highest BCUT2D eigenvalue weighted by Crippen LogP contribution is 2.19. The van der Waals surface area contributed by atoms with Gasteiger partial charge < -0.3 is 15.5 Å². The number of benzene rings is 2. The summed E-state index contributed by atoms with van der Waals surface area (Å²) in [5.41, 5.74) is 4.21. The van der Waals surface area contributed by atoms with Crippen molar-refractivity contribution in [2.45, 2.75) is 20.8 Å². The molecule has 0 aliphatic rings. The summed E-state index contributed by atoms with van der Waals surface area (Å²) in [4.78, 5) is 37.9. The first-order chi connectivity index (χ1) is 13.2. The van der Waals surface area contributed by atoms with E-state index in [2.05, 4.69) is 26.6 Å². The number of carbonyl (C=O) groups excluding carboxylic acids is 3. The Kier molecular flexibility index (Phi) is 7.34. The molecule has 2 rings (SSSR count). The van der Waals surface area contributed by atoms with Crippen LogP contribution in [0.25, 0.3) is 0 Å². The van der Waals surface area contributed by atoms with E-state index < -0.39 is 0 Å². The van der Waals surface area contributed by atoms with Crippen LogP contribution in [-0.4, -0.2) is 42.8 Å². The molecule has 0 aliphatic heterocycles. The van der Waals surface area contributed by atoms with Gasteiger partial charge in [-0.1, -0.05) is 22.0 Å². The number of amides is 3. The molecule has 0 heterocycles. The van der Waals surface area contributed by atoms with Gasteiger partial charge in [-0.05, 0) is 67.8 Å². The molecule has 0 saturated heterocycles. The number of hydrogen-bond acceptors (Lipinski definition) is 3. The second kappa shape index (κ2) is 9.50. The molecule has 28 heavy (non-hydrogen) atoms. The lowest BCUT2D eigenvalue weighted by Crippen LogP contribution is -2.41. The molecule has 0 saturated carbocycles. The summed E-state index contributed by atoms with van der Waals surface area (Å²) in [6.07, 6.45) is 0. The first-order valence-corrected chi connectivity index (χ1v) is 9.62. The minimum Gasteiger partial charge on any atom is -0.343 e. The summed E-state index contributed by atoms with van der Waals surface area (Å²) in [7, 11) is 1.53. The summed E-state index contributed by atoms with van der Waals surface area (Å²) in [6, 6.07) is 10.9. The maximum absolute atomic E-state index is 12.2. The predicted octanol–water partition coefficient (Wildman–Crippen LogP) is 3.20. The summed E-state index contributed by atoms with van der Waals surface area (Å²) < 4.78 is 0.926. The van der Waals surface area contributed by atoms with E-state index in [9.17, 15) is 14.4 Å². The molecule has 3 amide bonds. The van der Waals surface area contributed by atoms with Crippen LogP contribution in [0.15, 0.2) is 40.9 Å². The van der Waals surface area contributed by atoms with Crippen LogP contribution in [0.5, 0.6) is 0 Å². The minimum absolute atomic E-state index is 0.103. The molecule has 2 N–H and O–H groups in total. The van der Waals surface area contributed by atoms with Gasteiger partial charge in [0.25, 0.3) is 5.91 Å². The van der Waals surface area contributed by atoms with Gasteiger partial charge >= 0.3 is 0 Å². The number of rotatable bonds is 6. The highest BCUT2D eigenvalue weighted by molar-refractivity contribution is 9.10. The SMILES string of the molecule is Cc1ccc(C(=O)NCC(=O)N(C)CC(=O)Nc2ccc(Br)cc2C)cc1C. The molecule has 0 bridgehead atoms. The molecule has 0 spiro atoms. The van der Waals surface area contributed by atoms with Gasteiger partial charge in [0, 0.05) is 22.8 Å². The zero-order chi connectivity index (χ0) is 20.8. The Labute approximate surface area is 173 Å². The van der Waals surface area contributed by atoms with Crippen LogP contribution >= 0.6 is 15.9 Å². The van der Waals surface area contributed by atoms with Crippen molar-refractivity contribution in [1.29, 1.82) is 0 Å². The average Bonchev–Trinajstić information content (AvgIpc) is 2.63. The van der Waals surface area contributed by atoms with Crippen LogP contribution in [0.3, 0.4) is 0 Å². The first-order valence-electron chi connectivity index (χ1n) is 8.83. The Morgan fingerprint density at radius 2 is 1.68 bits per heavy atom. The van der Waals surface area contributed by atoms with Gasteiger partial charge in [-0.15, -0.1) is 0 Å². The highest BCUT2D eigenvalue weighted by Gasteiger charge is 2.15. The Morgan fingerprint density at radius 3 is 2.32 bits per heavy atom. The summed E-state index contributed by atoms with van der Waals surface area (Å²) in [5.74, 6) is -0.971. The van der Waals surface area contributed by atoms with Crippen LogP contribution < -0.4 is 10.6 Å². The van der Waals surface area contributed by atoms with Gasteiger partial charge in [0.15, 0.2) is 0 Å². The second-order valence-corrected chi connectivity index (χ2v) is 7.65. The number of nitrogens with one attached hydrogen (secondary N) is 2. The normalized spacial score (nSPS) is 10.3. The monoisotopic (exact) mass is 445 g/mol. The predicted molar refractivity (Wildman–Crippen MR) is 113 cm³/mol. The van der Waals surface area contributed by atoms with Crippen molar-refractivity contribution >= 4 is 39.3 Å². The van der Waals surface area contributed by atoms with E-state index in [1.54, 1.807) is 18.2 Å². The molecular formula is C21H24BrN3O3. The molecule has 148 valence electrons. The number of likely N-dealkylation sites (N-methyl/N-ethyl adjacent to an activating group) is 1. The Hall–Kier alpha value is -2.67. The van der Waals surface area contributed by atoms with Gasteiger partial charge in [-0.25, -0.2) is 0 Å². The van der Waals surface area contributed by atoms with Gasteiger partial charge in [0.05, 0.1) is 13.1 Å². The lowest BCUT2D eigenvalue weighted by Gasteiger charge is -2.18. The van der Waals surface area contributed by atoms with Crippen LogP contribution in [0.4, 0.5) is 5.69 Å². The molecule has 0 radical (unpaired) electrons. The fourth-order valence-electron chi connectivity index (χ4n) is 2.54. The van der Waals surface area contributed by atoms with Crippen molar-refractivity contribution in [2.75, 3.05) is 25.5 Å². The van der Waals surface area contributed by atoms with Crippen molar-refractivity contribution in [3.05, 3.63) is 63.1 Å². The van der Waals surface area contributed by atoms with E-state index in [0.29, 0.717) is 11.3 Å². The molecule has 0 unspecified atom stereocenters. The van der Waals surface area contributed by atoms with E-state index >= 15 is 0 Å². The van der Waals surface area contributed by atoms with Crippen molar-refractivity contribution < 1.29 is 14.4 Å². The quantitative estimate of drug-likeness (QED) is 0.716. The molecular weight excluding hydrogens is 422 g/mol. The van der Waals surface area contributed by atoms with Crippen LogP contribution in [0.1, 0.15) is 27.0 Å². The zero-order valence-electron chi connectivity index (χ0n) is 16.4. The number of carbonyl (C=O) groups is 3. The lowest BCUT2D eigenvalue weighted by atomic mass is 10.1. The van der Waals surface area contributed by atoms with Gasteiger partial charge in [0.1, 0.15) is 0 Å². The van der Waals surface area contributed by atoms with Crippen molar-refractivity contribution in [3.8, 4) is 0 Å². The largest absolute Gasteiger partial charge is 0.343 e. The number of halogens is 1. The van der Waals surface area contributed by atoms with Crippen LogP contribution in [0, 0.1) is 20.8 Å². The smallest absolute Gasteiger partial charge is 0.251 e. The van der Waals surface area contributed by atoms with E-state index in [4.69, 9.17) is 0 Å². The van der Waals surface area contributed by atoms with Gasteiger partial charge in [-0.3, -0.25) is 14.4 Å². The molecule has 0 aliphatic carbocycles. The number of nitrogens with zero attached hydrogens (tertiary/aromatic N) is 1. The number of anilines is 1. The van der Waals surface area contributed by atoms with E-state index in [1.165, 1.54) is 11.9 Å². The van der Waals surface area contributed by atoms with Crippen molar-refractivity contribution in [2.24, 2.45) is 0 Å². The second-order valence-electron chi connectivity index (χ2n) is 6.74. The highest BCUT2D eigenvalue weighted by atomic mass is 79.9. The van der Waals surface area contributed by atoms with Crippen molar-refractivity contribution in [3.63, 3.8) is 0 Å². The number of hydrogen-bond donors (Lipinski definition) is 2. The standard InChI is InChI=1S/C21H24BrN3O3/c1-13-5-6-16(9-14(13)2)21(28)23-11-20(27)25(4)12-19(26)24-18-8-7-17(22)10-15(18)3/h5-10H,11-12H2,1-4H3,(H,23,28)(H,24,26). The van der Waals surface area contributed by atoms with E-state index in [-0.39, 0.29) is 30.8 Å². The maximum Gasteiger partial charge on any atom is 0.251 e. The Bertz CT molecular complexity index is 912. The molecule has 2 aromatic rings. The van der Waals surface area contributed by atoms with E-state index in [0.717, 1.165) is 21.2 Å².